The Kier molecular flexibility index (Phi) is 16.9. The van der Waals surface area contributed by atoms with Gasteiger partial charge in [0.25, 0.3) is 0 Å². The van der Waals surface area contributed by atoms with Gasteiger partial charge in [0.05, 0.1) is 52.0 Å². The molecule has 76 heavy (non-hydrogen) atoms. The molecular weight excluding hydrogens is 1140 g/mol. The van der Waals surface area contributed by atoms with E-state index in [2.05, 4.69) is 57.1 Å². The first-order valence-corrected chi connectivity index (χ1v) is 30.1. The summed E-state index contributed by atoms with van der Waals surface area (Å²) in [5, 5.41) is 21.0. The van der Waals surface area contributed by atoms with Gasteiger partial charge in [-0.25, -0.2) is 58.6 Å². The molecule has 3 aliphatic heterocycles. The van der Waals surface area contributed by atoms with Gasteiger partial charge < -0.3 is 75.2 Å². The van der Waals surface area contributed by atoms with E-state index in [-0.39, 0.29) is 50.9 Å². The van der Waals surface area contributed by atoms with Gasteiger partial charge in [0.2, 0.25) is 0 Å². The number of methoxy groups -OCH3 is 2. The molecule has 6 aromatic rings. The van der Waals surface area contributed by atoms with Crippen LogP contribution in [0, 0.1) is 0 Å². The van der Waals surface area contributed by atoms with Crippen molar-refractivity contribution >= 4 is 104 Å². The maximum atomic E-state index is 14.0. The molecule has 0 amide bonds. The number of rotatable bonds is 23. The summed E-state index contributed by atoms with van der Waals surface area (Å²) in [5.74, 6) is -0.0653. The monoisotopic (exact) mass is 1190 g/mol. The summed E-state index contributed by atoms with van der Waals surface area (Å²) in [6.07, 6.45) is -10.7. The van der Waals surface area contributed by atoms with E-state index in [9.17, 15) is 38.4 Å². The minimum absolute atomic E-state index is 0.0187. The van der Waals surface area contributed by atoms with Gasteiger partial charge in [-0.15, -0.1) is 0 Å². The van der Waals surface area contributed by atoms with Crippen LogP contribution in [0.3, 0.4) is 0 Å². The van der Waals surface area contributed by atoms with E-state index in [1.807, 2.05) is 0 Å². The molecule has 7 unspecified atom stereocenters. The number of hydrogen-bond donors (Lipinski definition) is 10. The van der Waals surface area contributed by atoms with E-state index >= 15 is 0 Å². The quantitative estimate of drug-likeness (QED) is 0.0272. The van der Waals surface area contributed by atoms with E-state index in [0.29, 0.717) is 0 Å². The number of anilines is 3. The zero-order valence-electron chi connectivity index (χ0n) is 39.0. The fraction of sp³-hybridized carbons (Fsp3) is 0.559. The van der Waals surface area contributed by atoms with Crippen LogP contribution in [0.15, 0.2) is 38.0 Å². The second-order valence-electron chi connectivity index (χ2n) is 16.4. The number of hydrogen-bond acceptors (Lipinski definition) is 30. The maximum Gasteiger partial charge on any atom is 0.472 e. The van der Waals surface area contributed by atoms with E-state index in [0.717, 1.165) is 19.0 Å². The average Bonchev–Trinajstić information content (AvgIpc) is 4.25. The molecule has 0 radical (unpaired) electrons. The molecular formula is C34H47N15O21P4S2. The molecule has 12 N–H and O–H groups in total. The zero-order valence-corrected chi connectivity index (χ0v) is 44.3. The highest BCUT2D eigenvalue weighted by molar-refractivity contribution is 8.44. The van der Waals surface area contributed by atoms with Crippen molar-refractivity contribution in [3.8, 4) is 0 Å². The number of aliphatic hydroxyl groups excluding tert-OH is 2. The lowest BCUT2D eigenvalue weighted by Gasteiger charge is -2.27. The molecule has 36 nitrogen and oxygen atoms in total. The fourth-order valence-corrected chi connectivity index (χ4v) is 12.4. The summed E-state index contributed by atoms with van der Waals surface area (Å²) in [7, 11) is -7.72. The van der Waals surface area contributed by atoms with Gasteiger partial charge in [-0.2, -0.15) is 0 Å². The summed E-state index contributed by atoms with van der Waals surface area (Å²) >= 11 is 9.12. The Bertz CT molecular complexity index is 3250. The highest BCUT2D eigenvalue weighted by atomic mass is 32.7. The fourth-order valence-electron chi connectivity index (χ4n) is 8.51. The molecule has 0 saturated carbocycles. The number of thiol groups is 1. The molecule has 3 aliphatic rings. The van der Waals surface area contributed by atoms with Crippen molar-refractivity contribution in [1.29, 1.82) is 0 Å². The number of nitrogen functional groups attached to an aromatic ring is 3. The number of ether oxygens (including phenoxy) is 5. The van der Waals surface area contributed by atoms with Crippen LogP contribution < -0.4 is 17.2 Å². The third kappa shape index (κ3) is 12.0. The van der Waals surface area contributed by atoms with Crippen molar-refractivity contribution in [2.24, 2.45) is 0 Å². The Labute approximate surface area is 436 Å². The van der Waals surface area contributed by atoms with Crippen molar-refractivity contribution in [2.45, 2.75) is 73.6 Å². The van der Waals surface area contributed by atoms with E-state index in [4.69, 9.17) is 89.5 Å². The molecule has 16 atom stereocenters. The van der Waals surface area contributed by atoms with Crippen molar-refractivity contribution in [2.75, 3.05) is 64.5 Å². The molecule has 0 aliphatic carbocycles. The Morgan fingerprint density at radius 1 is 0.579 bits per heavy atom. The summed E-state index contributed by atoms with van der Waals surface area (Å²) < 4.78 is 111. The third-order valence-electron chi connectivity index (χ3n) is 11.7. The first-order valence-electron chi connectivity index (χ1n) is 21.8. The molecule has 0 aromatic carbocycles. The number of aromatic nitrogens is 12. The smallest absolute Gasteiger partial charge is 0.394 e. The van der Waals surface area contributed by atoms with Crippen LogP contribution in [-0.2, 0) is 80.9 Å². The normalized spacial score (nSPS) is 30.2. The standard InChI is InChI=1S/C34H47N15O21P4S2/c1-59-21-15(6-62-71(52,53)61-4-3-50)66-33(48-12-45-18-27(36)39-9-42-30(18)48)24(21)68-72(54,55)63-5-14-20(51)23(32(65-14)47-11-44-17-26(35)38-8-41-29(17)47)70-74(58,76)64-7-16-22(60-2)25(69-73(56,57)75)34(67-16)49-13-46-19-28(37)40-10-43-31(19)49/h8-16,20-25,32-34,50-51H,3-7H2,1-2H3,(H,52,53)(H,54,55)(H,58,76)(H2,35,38,41)(H2,36,39,42)(H2,37,40,43)(H2,56,57,75)/t14-,15-,16-,20?,21?,22?,23+,24+,25+,32-,33-,34-,74?/m1/s1. The Morgan fingerprint density at radius 3 is 1.43 bits per heavy atom. The largest absolute Gasteiger partial charge is 0.472 e. The average molecular weight is 1190 g/mol. The molecule has 3 saturated heterocycles. The van der Waals surface area contributed by atoms with Crippen LogP contribution in [0.4, 0.5) is 17.5 Å². The number of imidazole rings is 3. The predicted molar refractivity (Wildman–Crippen MR) is 259 cm³/mol. The third-order valence-corrected chi connectivity index (χ3v) is 16.1. The van der Waals surface area contributed by atoms with E-state index in [1.54, 1.807) is 0 Å². The van der Waals surface area contributed by atoms with Crippen molar-refractivity contribution in [1.82, 2.24) is 58.6 Å². The highest BCUT2D eigenvalue weighted by Gasteiger charge is 2.54. The van der Waals surface area contributed by atoms with Crippen LogP contribution >= 0.6 is 41.4 Å². The number of nitrogens with two attached hydrogens (primary N) is 3. The van der Waals surface area contributed by atoms with Gasteiger partial charge >= 0.3 is 29.2 Å². The minimum atomic E-state index is -5.37. The van der Waals surface area contributed by atoms with Crippen molar-refractivity contribution < 1.29 is 98.8 Å². The van der Waals surface area contributed by atoms with Crippen molar-refractivity contribution in [3.05, 3.63) is 38.0 Å². The SMILES string of the molecule is COC1[C@@H](COP(O)(=S)O[C@H]2C(O)[C@@H](COP(=O)(O)O[C@H]3C(OC)[C@@H](COP(=O)(O)OCCO)O[C@H]3n3cnc4c(N)ncnc43)O[C@H]2n2cnc3c(N)ncnc32)O[C@@H](n2cnc3c(N)ncnc32)[C@H]1OP(=O)(O)S. The van der Waals surface area contributed by atoms with Gasteiger partial charge in [0.15, 0.2) is 53.1 Å². The zero-order chi connectivity index (χ0) is 54.5. The molecule has 0 spiro atoms. The van der Waals surface area contributed by atoms with Crippen LogP contribution in [0.5, 0.6) is 0 Å². The Morgan fingerprint density at radius 2 is 0.987 bits per heavy atom. The lowest BCUT2D eigenvalue weighted by Crippen LogP contribution is -2.38. The molecule has 42 heteroatoms. The number of aliphatic hydroxyl groups is 2. The lowest BCUT2D eigenvalue weighted by molar-refractivity contribution is -0.0629. The van der Waals surface area contributed by atoms with E-state index < -0.39 is 136 Å². The molecule has 6 aromatic heterocycles. The molecule has 0 bridgehead atoms. The lowest BCUT2D eigenvalue weighted by atomic mass is 10.1. The Hall–Kier alpha value is -3.98. The molecule has 3 fully saturated rings. The number of phosphoric acid groups is 2. The van der Waals surface area contributed by atoms with Gasteiger partial charge in [0, 0.05) is 14.2 Å². The predicted octanol–water partition coefficient (Wildman–Crippen LogP) is -1.00. The summed E-state index contributed by atoms with van der Waals surface area (Å²) in [5.41, 5.74) is 18.6. The summed E-state index contributed by atoms with van der Waals surface area (Å²) in [6.45, 7) is -12.6. The maximum absolute atomic E-state index is 14.0. The van der Waals surface area contributed by atoms with Crippen LogP contribution in [-0.4, -0.2) is 191 Å². The second-order valence-corrected chi connectivity index (χ2v) is 24.7. The van der Waals surface area contributed by atoms with Gasteiger partial charge in [0.1, 0.15) is 90.5 Å². The topological polar surface area (TPSA) is 492 Å². The first kappa shape index (κ1) is 56.7. The molecule has 416 valence electrons. The van der Waals surface area contributed by atoms with Gasteiger partial charge in [-0.05, 0) is 11.8 Å². The number of phosphoric ester groups is 2. The first-order chi connectivity index (χ1) is 36.0. The number of nitrogens with zero attached hydrogens (tertiary/aromatic N) is 12. The molecule has 9 rings (SSSR count). The van der Waals surface area contributed by atoms with Crippen LogP contribution in [0.2, 0.25) is 0 Å². The van der Waals surface area contributed by atoms with Gasteiger partial charge in [-0.1, -0.05) is 12.2 Å². The summed E-state index contributed by atoms with van der Waals surface area (Å²) in [6, 6.07) is 0. The van der Waals surface area contributed by atoms with E-state index in [1.165, 1.54) is 46.9 Å². The van der Waals surface area contributed by atoms with Crippen LogP contribution in [0.25, 0.3) is 33.5 Å². The molecule has 9 heterocycles. The highest BCUT2D eigenvalue weighted by Crippen LogP contribution is 2.55. The second kappa shape index (κ2) is 22.6. The summed E-state index contributed by atoms with van der Waals surface area (Å²) in [4.78, 5) is 80.4. The number of fused-ring (bicyclic) bond motifs is 3. The van der Waals surface area contributed by atoms with Crippen LogP contribution in [0.1, 0.15) is 18.7 Å². The minimum Gasteiger partial charge on any atom is -0.394 e. The van der Waals surface area contributed by atoms with Gasteiger partial charge in [-0.3, -0.25) is 40.8 Å². The Balaban J connectivity index is 0.943. The van der Waals surface area contributed by atoms with Crippen molar-refractivity contribution in [3.63, 3.8) is 0 Å².